The maximum Gasteiger partial charge on any atom is 0.321 e. The lowest BCUT2D eigenvalue weighted by Gasteiger charge is -2.11. The maximum absolute atomic E-state index is 11.0. The van der Waals surface area contributed by atoms with Crippen LogP contribution in [0.4, 0.5) is 0 Å². The Bertz CT molecular complexity index is 1310. The summed E-state index contributed by atoms with van der Waals surface area (Å²) in [6.07, 6.45) is 4.90. The van der Waals surface area contributed by atoms with Crippen molar-refractivity contribution in [2.24, 2.45) is 5.73 Å². The van der Waals surface area contributed by atoms with Crippen LogP contribution in [0, 0.1) is 0 Å². The average molecular weight is 497 g/mol. The molecule has 7 N–H and O–H groups in total. The Morgan fingerprint density at radius 2 is 1.44 bits per heavy atom. The van der Waals surface area contributed by atoms with E-state index in [1.54, 1.807) is 14.2 Å². The second-order valence-corrected chi connectivity index (χ2v) is 8.18. The summed E-state index contributed by atoms with van der Waals surface area (Å²) in [4.78, 5) is 28.0. The zero-order valence-corrected chi connectivity index (χ0v) is 20.3. The van der Waals surface area contributed by atoms with Gasteiger partial charge in [-0.05, 0) is 66.9 Å². The number of aliphatic carboxylic acids is 2. The minimum Gasteiger partial charge on any atom is -0.497 e. The summed E-state index contributed by atoms with van der Waals surface area (Å²) in [5.74, 6) is -0.675. The molecule has 2 aromatic carbocycles. The normalized spacial score (nSPS) is 11.6. The highest BCUT2D eigenvalue weighted by atomic mass is 16.5. The molecule has 192 valence electrons. The summed E-state index contributed by atoms with van der Waals surface area (Å²) in [7, 11) is 3.27. The second kappa shape index (κ2) is 12.6. The largest absolute Gasteiger partial charge is 0.497 e. The van der Waals surface area contributed by atoms with Gasteiger partial charge in [0.2, 0.25) is 0 Å². The number of carboxylic acids is 2. The average Bonchev–Trinajstić information content (AvgIpc) is 3.47. The van der Waals surface area contributed by atoms with Gasteiger partial charge in [-0.25, -0.2) is 0 Å². The van der Waals surface area contributed by atoms with Crippen LogP contribution in [0.2, 0.25) is 0 Å². The van der Waals surface area contributed by atoms with Gasteiger partial charge in [-0.2, -0.15) is 0 Å². The standard InChI is InChI=1S/C15H18N2O5.C11H14N2O/c1-22-10-2-3-12-11(6-10)9(8-17-12)4-5-16-13(15(20)21)7-14(18)19;1-14-9-2-3-11-10(6-9)8(4-5-12)7-13-11/h2-3,6,8,13,16-17H,4-5,7H2,1H3,(H,18,19)(H,20,21);2-3,6-7,13H,4-5,12H2,1H3. The fraction of sp³-hybridized carbons (Fsp3) is 0.308. The molecule has 0 saturated heterocycles. The molecule has 0 aliphatic carbocycles. The first-order valence-corrected chi connectivity index (χ1v) is 11.5. The number of hydrogen-bond donors (Lipinski definition) is 6. The summed E-state index contributed by atoms with van der Waals surface area (Å²) < 4.78 is 10.4. The molecule has 0 radical (unpaired) electrons. The molecule has 10 heteroatoms. The van der Waals surface area contributed by atoms with Crippen LogP contribution < -0.4 is 20.5 Å². The third-order valence-electron chi connectivity index (χ3n) is 5.82. The number of methoxy groups -OCH3 is 2. The van der Waals surface area contributed by atoms with E-state index in [0.717, 1.165) is 39.9 Å². The molecule has 10 nitrogen and oxygen atoms in total. The number of fused-ring (bicyclic) bond motifs is 2. The summed E-state index contributed by atoms with van der Waals surface area (Å²) in [5.41, 5.74) is 9.90. The Kier molecular flexibility index (Phi) is 9.32. The SMILES string of the molecule is COc1ccc2[nH]cc(CCN)c2c1.COc1ccc2[nH]cc(CCNC(CC(=O)O)C(=O)O)c2c1. The van der Waals surface area contributed by atoms with Gasteiger partial charge in [0.15, 0.2) is 0 Å². The van der Waals surface area contributed by atoms with Gasteiger partial charge in [0.05, 0.1) is 20.6 Å². The van der Waals surface area contributed by atoms with Gasteiger partial charge in [0.1, 0.15) is 17.5 Å². The van der Waals surface area contributed by atoms with E-state index in [2.05, 4.69) is 15.3 Å². The fourth-order valence-corrected chi connectivity index (χ4v) is 3.94. The van der Waals surface area contributed by atoms with E-state index in [9.17, 15) is 9.59 Å². The number of ether oxygens (including phenoxy) is 2. The minimum atomic E-state index is -1.16. The Balaban J connectivity index is 0.000000221. The molecule has 0 fully saturated rings. The van der Waals surface area contributed by atoms with Crippen LogP contribution in [0.25, 0.3) is 21.8 Å². The van der Waals surface area contributed by atoms with E-state index in [1.807, 2.05) is 48.8 Å². The number of aromatic nitrogens is 2. The first kappa shape index (κ1) is 26.6. The van der Waals surface area contributed by atoms with Gasteiger partial charge in [0, 0.05) is 40.7 Å². The van der Waals surface area contributed by atoms with Crippen LogP contribution in [-0.2, 0) is 22.4 Å². The van der Waals surface area contributed by atoms with E-state index < -0.39 is 24.4 Å². The van der Waals surface area contributed by atoms with Crippen molar-refractivity contribution in [3.8, 4) is 11.5 Å². The third kappa shape index (κ3) is 6.77. The number of aromatic amines is 2. The molecule has 0 bridgehead atoms. The highest BCUT2D eigenvalue weighted by molar-refractivity contribution is 5.85. The predicted molar refractivity (Wildman–Crippen MR) is 138 cm³/mol. The quantitative estimate of drug-likeness (QED) is 0.185. The van der Waals surface area contributed by atoms with E-state index in [4.69, 9.17) is 25.4 Å². The Hall–Kier alpha value is -4.02. The summed E-state index contributed by atoms with van der Waals surface area (Å²) in [5, 5.41) is 22.6. The third-order valence-corrected chi connectivity index (χ3v) is 5.82. The zero-order valence-electron chi connectivity index (χ0n) is 20.3. The first-order chi connectivity index (χ1) is 17.4. The lowest BCUT2D eigenvalue weighted by molar-refractivity contribution is -0.145. The van der Waals surface area contributed by atoms with Gasteiger partial charge in [-0.1, -0.05) is 0 Å². The van der Waals surface area contributed by atoms with Crippen molar-refractivity contribution >= 4 is 33.7 Å². The molecule has 1 atom stereocenters. The molecule has 36 heavy (non-hydrogen) atoms. The van der Waals surface area contributed by atoms with Crippen LogP contribution in [0.15, 0.2) is 48.8 Å². The molecule has 0 aliphatic heterocycles. The molecule has 0 amide bonds. The fourth-order valence-electron chi connectivity index (χ4n) is 3.94. The number of carboxylic acid groups (broad SMARTS) is 2. The van der Waals surface area contributed by atoms with Crippen molar-refractivity contribution in [3.63, 3.8) is 0 Å². The predicted octanol–water partition coefficient (Wildman–Crippen LogP) is 2.91. The molecule has 1 unspecified atom stereocenters. The summed E-state index contributed by atoms with van der Waals surface area (Å²) in [6.45, 7) is 1.04. The molecule has 0 spiro atoms. The van der Waals surface area contributed by atoms with Crippen LogP contribution in [0.5, 0.6) is 11.5 Å². The van der Waals surface area contributed by atoms with E-state index >= 15 is 0 Å². The van der Waals surface area contributed by atoms with Gasteiger partial charge in [-0.15, -0.1) is 0 Å². The van der Waals surface area contributed by atoms with Crippen LogP contribution in [-0.4, -0.2) is 65.5 Å². The van der Waals surface area contributed by atoms with Crippen molar-refractivity contribution in [1.29, 1.82) is 0 Å². The first-order valence-electron chi connectivity index (χ1n) is 11.5. The molecular weight excluding hydrogens is 464 g/mol. The maximum atomic E-state index is 11.0. The number of nitrogens with two attached hydrogens (primary N) is 1. The lowest BCUT2D eigenvalue weighted by Crippen LogP contribution is -2.39. The highest BCUT2D eigenvalue weighted by Gasteiger charge is 2.20. The highest BCUT2D eigenvalue weighted by Crippen LogP contribution is 2.24. The van der Waals surface area contributed by atoms with Crippen molar-refractivity contribution < 1.29 is 29.3 Å². The second-order valence-electron chi connectivity index (χ2n) is 8.18. The lowest BCUT2D eigenvalue weighted by atomic mass is 10.1. The molecule has 2 heterocycles. The number of benzene rings is 2. The van der Waals surface area contributed by atoms with Crippen molar-refractivity contribution in [1.82, 2.24) is 15.3 Å². The monoisotopic (exact) mass is 496 g/mol. The molecular formula is C26H32N4O6. The van der Waals surface area contributed by atoms with Gasteiger partial charge >= 0.3 is 11.9 Å². The number of hydrogen-bond acceptors (Lipinski definition) is 6. The van der Waals surface area contributed by atoms with Crippen molar-refractivity contribution in [2.45, 2.75) is 25.3 Å². The van der Waals surface area contributed by atoms with Crippen molar-refractivity contribution in [3.05, 3.63) is 59.9 Å². The number of rotatable bonds is 11. The molecule has 4 rings (SSSR count). The van der Waals surface area contributed by atoms with E-state index in [-0.39, 0.29) is 0 Å². The summed E-state index contributed by atoms with van der Waals surface area (Å²) >= 11 is 0. The Labute approximate surface area is 208 Å². The van der Waals surface area contributed by atoms with E-state index in [1.165, 1.54) is 10.9 Å². The molecule has 2 aromatic heterocycles. The van der Waals surface area contributed by atoms with Gasteiger partial charge < -0.3 is 40.7 Å². The topological polar surface area (TPSA) is 163 Å². The smallest absolute Gasteiger partial charge is 0.321 e. The Morgan fingerprint density at radius 1 is 0.917 bits per heavy atom. The van der Waals surface area contributed by atoms with Crippen molar-refractivity contribution in [2.75, 3.05) is 27.3 Å². The van der Waals surface area contributed by atoms with Gasteiger partial charge in [-0.3, -0.25) is 9.59 Å². The van der Waals surface area contributed by atoms with Crippen LogP contribution >= 0.6 is 0 Å². The molecule has 4 aromatic rings. The number of carbonyl (C=O) groups is 2. The summed E-state index contributed by atoms with van der Waals surface area (Å²) in [6, 6.07) is 10.6. The van der Waals surface area contributed by atoms with Crippen LogP contribution in [0.1, 0.15) is 17.5 Å². The molecule has 0 aliphatic rings. The van der Waals surface area contributed by atoms with E-state index in [0.29, 0.717) is 19.5 Å². The number of H-pyrrole nitrogens is 2. The van der Waals surface area contributed by atoms with Gasteiger partial charge in [0.25, 0.3) is 0 Å². The molecule has 0 saturated carbocycles. The minimum absolute atomic E-state index is 0.369. The Morgan fingerprint density at radius 3 is 1.89 bits per heavy atom. The zero-order chi connectivity index (χ0) is 26.1. The number of nitrogens with one attached hydrogen (secondary N) is 3. The van der Waals surface area contributed by atoms with Crippen LogP contribution in [0.3, 0.4) is 0 Å².